The van der Waals surface area contributed by atoms with Gasteiger partial charge >= 0.3 is 0 Å². The van der Waals surface area contributed by atoms with Crippen LogP contribution in [0.5, 0.6) is 0 Å². The van der Waals surface area contributed by atoms with Gasteiger partial charge in [0.2, 0.25) is 0 Å². The Kier molecular flexibility index (Phi) is 10.6. The molecule has 206 valence electrons. The molecule has 9 atom stereocenters. The van der Waals surface area contributed by atoms with E-state index in [9.17, 15) is 5.11 Å². The molecule has 0 aliphatic heterocycles. The summed E-state index contributed by atoms with van der Waals surface area (Å²) in [5.41, 5.74) is 0. The van der Waals surface area contributed by atoms with Gasteiger partial charge in [-0.25, -0.2) is 0 Å². The molecule has 0 amide bonds. The molecule has 0 aromatic heterocycles. The van der Waals surface area contributed by atoms with Crippen molar-refractivity contribution in [2.24, 2.45) is 53.3 Å². The van der Waals surface area contributed by atoms with Crippen molar-refractivity contribution >= 4 is 0 Å². The molecule has 3 aliphatic carbocycles. The minimum atomic E-state index is 0.359. The van der Waals surface area contributed by atoms with E-state index in [1.807, 2.05) is 0 Å². The van der Waals surface area contributed by atoms with Crippen LogP contribution < -0.4 is 0 Å². The SMILES string of the molecule is CC1CCC(C(C)C)C([N+](CCCO)(C2CC(C)CCC2C(C)C)C2CC(C)CCC2C(C)C)C1. The summed E-state index contributed by atoms with van der Waals surface area (Å²) < 4.78 is 1.38. The Morgan fingerprint density at radius 2 is 0.886 bits per heavy atom. The molecular formula is C33H64NO+. The number of quaternary nitrogens is 1. The molecule has 35 heavy (non-hydrogen) atoms. The summed E-state index contributed by atoms with van der Waals surface area (Å²) >= 11 is 0. The molecule has 0 saturated heterocycles. The smallest absolute Gasteiger partial charge is 0.0928 e. The van der Waals surface area contributed by atoms with Crippen molar-refractivity contribution in [2.75, 3.05) is 13.2 Å². The zero-order valence-corrected chi connectivity index (χ0v) is 25.3. The Morgan fingerprint density at radius 1 is 0.571 bits per heavy atom. The highest BCUT2D eigenvalue weighted by Gasteiger charge is 2.59. The standard InChI is InChI=1S/C33H64NO/c1-22(2)28-14-11-25(7)19-31(28)34(17-10-18-35,32-20-26(8)12-15-29(32)23(3)4)33-21-27(9)13-16-30(33)24(5)6/h22-33,35H,10-21H2,1-9H3/q+1. The first-order valence-electron chi connectivity index (χ1n) is 16.0. The quantitative estimate of drug-likeness (QED) is 0.321. The van der Waals surface area contributed by atoms with Crippen LogP contribution >= 0.6 is 0 Å². The van der Waals surface area contributed by atoms with E-state index in [1.54, 1.807) is 0 Å². The third-order valence-electron chi connectivity index (χ3n) is 11.5. The predicted molar refractivity (Wildman–Crippen MR) is 152 cm³/mol. The molecular weight excluding hydrogens is 426 g/mol. The first kappa shape index (κ1) is 29.5. The molecule has 0 heterocycles. The highest BCUT2D eigenvalue weighted by Crippen LogP contribution is 2.53. The molecule has 0 aromatic carbocycles. The van der Waals surface area contributed by atoms with E-state index in [4.69, 9.17) is 0 Å². The van der Waals surface area contributed by atoms with Crippen molar-refractivity contribution in [3.05, 3.63) is 0 Å². The zero-order valence-electron chi connectivity index (χ0n) is 25.3. The van der Waals surface area contributed by atoms with E-state index in [2.05, 4.69) is 62.3 Å². The van der Waals surface area contributed by atoms with Gasteiger partial charge < -0.3 is 9.59 Å². The fourth-order valence-corrected chi connectivity index (χ4v) is 9.69. The van der Waals surface area contributed by atoms with Crippen molar-refractivity contribution in [3.63, 3.8) is 0 Å². The van der Waals surface area contributed by atoms with Gasteiger partial charge in [-0.1, -0.05) is 62.3 Å². The second-order valence-electron chi connectivity index (χ2n) is 15.0. The molecule has 2 heteroatoms. The van der Waals surface area contributed by atoms with Gasteiger partial charge in [0.25, 0.3) is 0 Å². The van der Waals surface area contributed by atoms with Gasteiger partial charge in [-0.05, 0) is 74.0 Å². The van der Waals surface area contributed by atoms with Crippen molar-refractivity contribution in [2.45, 2.75) is 145 Å². The molecule has 9 unspecified atom stereocenters. The predicted octanol–water partition coefficient (Wildman–Crippen LogP) is 8.57. The van der Waals surface area contributed by atoms with Gasteiger partial charge in [0, 0.05) is 50.0 Å². The lowest BCUT2D eigenvalue weighted by Gasteiger charge is -2.64. The van der Waals surface area contributed by atoms with Gasteiger partial charge in [-0.15, -0.1) is 0 Å². The third-order valence-corrected chi connectivity index (χ3v) is 11.5. The van der Waals surface area contributed by atoms with E-state index in [-0.39, 0.29) is 0 Å². The van der Waals surface area contributed by atoms with Crippen LogP contribution in [0, 0.1) is 53.3 Å². The Bertz CT molecular complexity index is 548. The lowest BCUT2D eigenvalue weighted by Crippen LogP contribution is -2.74. The summed E-state index contributed by atoms with van der Waals surface area (Å²) in [7, 11) is 0. The summed E-state index contributed by atoms with van der Waals surface area (Å²) in [5.74, 6) is 7.32. The lowest BCUT2D eigenvalue weighted by atomic mass is 9.63. The van der Waals surface area contributed by atoms with Crippen LogP contribution in [0.15, 0.2) is 0 Å². The summed E-state index contributed by atoms with van der Waals surface area (Å²) in [6.45, 7) is 24.4. The first-order valence-corrected chi connectivity index (χ1v) is 16.0. The number of rotatable bonds is 9. The van der Waals surface area contributed by atoms with Crippen LogP contribution in [0.1, 0.15) is 127 Å². The van der Waals surface area contributed by atoms with Gasteiger partial charge in [0.1, 0.15) is 0 Å². The van der Waals surface area contributed by atoms with E-state index in [0.29, 0.717) is 6.61 Å². The van der Waals surface area contributed by atoms with E-state index < -0.39 is 0 Å². The molecule has 3 aliphatic rings. The maximum atomic E-state index is 10.3. The highest BCUT2D eigenvalue weighted by molar-refractivity contribution is 4.93. The van der Waals surface area contributed by atoms with Crippen molar-refractivity contribution < 1.29 is 9.59 Å². The minimum absolute atomic E-state index is 0.359. The normalized spacial score (nSPS) is 40.9. The first-order chi connectivity index (χ1) is 16.5. The van der Waals surface area contributed by atoms with E-state index in [0.717, 1.165) is 77.8 Å². The van der Waals surface area contributed by atoms with Gasteiger partial charge in [-0.3, -0.25) is 0 Å². The van der Waals surface area contributed by atoms with E-state index >= 15 is 0 Å². The average Bonchev–Trinajstić information content (AvgIpc) is 2.79. The Hall–Kier alpha value is -0.0800. The van der Waals surface area contributed by atoms with E-state index in [1.165, 1.54) is 68.8 Å². The summed E-state index contributed by atoms with van der Waals surface area (Å²) in [6.07, 6.45) is 13.8. The van der Waals surface area contributed by atoms with Crippen molar-refractivity contribution in [1.29, 1.82) is 0 Å². The molecule has 0 aromatic rings. The fourth-order valence-electron chi connectivity index (χ4n) is 9.69. The second-order valence-corrected chi connectivity index (χ2v) is 15.0. The van der Waals surface area contributed by atoms with Crippen LogP contribution in [0.3, 0.4) is 0 Å². The van der Waals surface area contributed by atoms with Crippen molar-refractivity contribution in [3.8, 4) is 0 Å². The molecule has 3 rings (SSSR count). The summed E-state index contributed by atoms with van der Waals surface area (Å²) in [6, 6.07) is 2.33. The topological polar surface area (TPSA) is 20.2 Å². The number of nitrogens with zero attached hydrogens (tertiary/aromatic N) is 1. The second kappa shape index (κ2) is 12.6. The maximum Gasteiger partial charge on any atom is 0.0928 e. The maximum absolute atomic E-state index is 10.3. The van der Waals surface area contributed by atoms with Crippen LogP contribution in [-0.4, -0.2) is 40.9 Å². The van der Waals surface area contributed by atoms with Gasteiger partial charge in [-0.2, -0.15) is 0 Å². The number of hydrogen-bond donors (Lipinski definition) is 1. The molecule has 3 saturated carbocycles. The molecule has 0 bridgehead atoms. The fraction of sp³-hybridized carbons (Fsp3) is 1.00. The highest BCUT2D eigenvalue weighted by atomic mass is 16.3. The molecule has 2 nitrogen and oxygen atoms in total. The lowest BCUT2D eigenvalue weighted by molar-refractivity contribution is -1.01. The number of aliphatic hydroxyl groups is 1. The number of hydrogen-bond acceptors (Lipinski definition) is 1. The van der Waals surface area contributed by atoms with Crippen molar-refractivity contribution in [1.82, 2.24) is 0 Å². The van der Waals surface area contributed by atoms with Crippen LogP contribution in [0.2, 0.25) is 0 Å². The molecule has 1 N–H and O–H groups in total. The molecule has 0 radical (unpaired) electrons. The Labute approximate surface area is 220 Å². The zero-order chi connectivity index (χ0) is 25.9. The Morgan fingerprint density at radius 3 is 1.14 bits per heavy atom. The molecule has 0 spiro atoms. The van der Waals surface area contributed by atoms with Gasteiger partial charge in [0.05, 0.1) is 24.7 Å². The summed E-state index contributed by atoms with van der Waals surface area (Å²) in [5, 5.41) is 10.3. The van der Waals surface area contributed by atoms with Crippen LogP contribution in [0.4, 0.5) is 0 Å². The van der Waals surface area contributed by atoms with Crippen LogP contribution in [0.25, 0.3) is 0 Å². The Balaban J connectivity index is 2.25. The van der Waals surface area contributed by atoms with Crippen LogP contribution in [-0.2, 0) is 0 Å². The average molecular weight is 491 g/mol. The summed E-state index contributed by atoms with van der Waals surface area (Å²) in [4.78, 5) is 0. The largest absolute Gasteiger partial charge is 0.396 e. The number of aliphatic hydroxyl groups excluding tert-OH is 1. The van der Waals surface area contributed by atoms with Gasteiger partial charge in [0.15, 0.2) is 0 Å². The monoisotopic (exact) mass is 490 g/mol. The molecule has 3 fully saturated rings. The third kappa shape index (κ3) is 6.32. The minimum Gasteiger partial charge on any atom is -0.396 e.